The van der Waals surface area contributed by atoms with Crippen LogP contribution in [0.3, 0.4) is 0 Å². The molecule has 2 aromatic carbocycles. The van der Waals surface area contributed by atoms with Crippen molar-refractivity contribution in [3.8, 4) is 16.9 Å². The molecule has 1 aromatic heterocycles. The van der Waals surface area contributed by atoms with E-state index < -0.39 is 5.97 Å². The number of carbonyl (C=O) groups excluding carboxylic acids is 2. The number of aryl methyl sites for hydroxylation is 2. The molecule has 0 radical (unpaired) electrons. The molecule has 0 saturated heterocycles. The number of rotatable bonds is 7. The molecule has 1 N–H and O–H groups in total. The van der Waals surface area contributed by atoms with Gasteiger partial charge in [-0.3, -0.25) is 4.79 Å². The quantitative estimate of drug-likeness (QED) is 0.601. The van der Waals surface area contributed by atoms with Crippen molar-refractivity contribution in [2.75, 3.05) is 13.2 Å². The van der Waals surface area contributed by atoms with Gasteiger partial charge in [0.05, 0.1) is 5.69 Å². The maximum absolute atomic E-state index is 12.8. The standard InChI is InChI=1S/C24H27N3O3/c1-16(2)13-25-22(28)15-30-24(29)21-14-27(19-8-6-5-7-9-19)26-23(21)20-11-10-17(3)12-18(20)4/h5-12,14,16H,13,15H2,1-4H3,(H,25,28). The van der Waals surface area contributed by atoms with Gasteiger partial charge < -0.3 is 10.1 Å². The average molecular weight is 405 g/mol. The zero-order valence-electron chi connectivity index (χ0n) is 17.8. The van der Waals surface area contributed by atoms with Crippen molar-refractivity contribution in [3.05, 3.63) is 71.4 Å². The van der Waals surface area contributed by atoms with E-state index in [9.17, 15) is 9.59 Å². The highest BCUT2D eigenvalue weighted by Gasteiger charge is 2.22. The molecule has 1 heterocycles. The molecule has 3 aromatic rings. The molecular formula is C24H27N3O3. The molecular weight excluding hydrogens is 378 g/mol. The van der Waals surface area contributed by atoms with Crippen LogP contribution < -0.4 is 5.32 Å². The second-order valence-electron chi connectivity index (χ2n) is 7.76. The van der Waals surface area contributed by atoms with Crippen LogP contribution in [-0.4, -0.2) is 34.8 Å². The summed E-state index contributed by atoms with van der Waals surface area (Å²) in [4.78, 5) is 24.8. The highest BCUT2D eigenvalue weighted by molar-refractivity contribution is 5.97. The predicted octanol–water partition coefficient (Wildman–Crippen LogP) is 4.09. The molecule has 30 heavy (non-hydrogen) atoms. The minimum Gasteiger partial charge on any atom is -0.452 e. The molecule has 0 fully saturated rings. The van der Waals surface area contributed by atoms with E-state index >= 15 is 0 Å². The fraction of sp³-hybridized carbons (Fsp3) is 0.292. The van der Waals surface area contributed by atoms with E-state index in [1.54, 1.807) is 10.9 Å². The lowest BCUT2D eigenvalue weighted by Gasteiger charge is -2.09. The number of ether oxygens (including phenoxy) is 1. The Kier molecular flexibility index (Phi) is 6.67. The van der Waals surface area contributed by atoms with Crippen molar-refractivity contribution in [1.82, 2.24) is 15.1 Å². The number of amides is 1. The lowest BCUT2D eigenvalue weighted by Crippen LogP contribution is -2.31. The second kappa shape index (κ2) is 9.39. The van der Waals surface area contributed by atoms with Crippen LogP contribution in [0, 0.1) is 19.8 Å². The van der Waals surface area contributed by atoms with Crippen LogP contribution in [0.5, 0.6) is 0 Å². The lowest BCUT2D eigenvalue weighted by molar-refractivity contribution is -0.124. The lowest BCUT2D eigenvalue weighted by atomic mass is 10.0. The number of esters is 1. The first-order chi connectivity index (χ1) is 14.3. The predicted molar refractivity (Wildman–Crippen MR) is 117 cm³/mol. The van der Waals surface area contributed by atoms with Gasteiger partial charge >= 0.3 is 5.97 Å². The molecule has 0 aliphatic carbocycles. The number of para-hydroxylation sites is 1. The Labute approximate surface area is 176 Å². The molecule has 0 aliphatic heterocycles. The van der Waals surface area contributed by atoms with E-state index in [1.165, 1.54) is 0 Å². The summed E-state index contributed by atoms with van der Waals surface area (Å²) in [6.07, 6.45) is 1.65. The topological polar surface area (TPSA) is 73.2 Å². The van der Waals surface area contributed by atoms with Crippen molar-refractivity contribution >= 4 is 11.9 Å². The Morgan fingerprint density at radius 2 is 1.83 bits per heavy atom. The van der Waals surface area contributed by atoms with E-state index in [4.69, 9.17) is 4.74 Å². The molecule has 6 heteroatoms. The van der Waals surface area contributed by atoms with Crippen LogP contribution in [-0.2, 0) is 9.53 Å². The third-order valence-corrected chi connectivity index (χ3v) is 4.63. The van der Waals surface area contributed by atoms with E-state index in [0.29, 0.717) is 23.7 Å². The molecule has 0 spiro atoms. The Morgan fingerprint density at radius 3 is 2.50 bits per heavy atom. The molecule has 0 atom stereocenters. The summed E-state index contributed by atoms with van der Waals surface area (Å²) in [7, 11) is 0. The molecule has 0 saturated carbocycles. The van der Waals surface area contributed by atoms with Gasteiger partial charge in [0.15, 0.2) is 6.61 Å². The van der Waals surface area contributed by atoms with Gasteiger partial charge in [-0.15, -0.1) is 0 Å². The summed E-state index contributed by atoms with van der Waals surface area (Å²) in [6.45, 7) is 8.22. The minimum atomic E-state index is -0.577. The van der Waals surface area contributed by atoms with Gasteiger partial charge in [-0.25, -0.2) is 9.48 Å². The van der Waals surface area contributed by atoms with E-state index in [0.717, 1.165) is 22.4 Å². The Hall–Kier alpha value is -3.41. The Morgan fingerprint density at radius 1 is 1.10 bits per heavy atom. The molecule has 0 unspecified atom stereocenters. The van der Waals surface area contributed by atoms with Crippen molar-refractivity contribution in [2.45, 2.75) is 27.7 Å². The van der Waals surface area contributed by atoms with Gasteiger partial charge in [0.1, 0.15) is 11.3 Å². The van der Waals surface area contributed by atoms with Crippen LogP contribution in [0.1, 0.15) is 35.3 Å². The molecule has 156 valence electrons. The van der Waals surface area contributed by atoms with Gasteiger partial charge in [-0.2, -0.15) is 5.10 Å². The second-order valence-corrected chi connectivity index (χ2v) is 7.76. The van der Waals surface area contributed by atoms with Gasteiger partial charge in [0.2, 0.25) is 0 Å². The van der Waals surface area contributed by atoms with Gasteiger partial charge in [0, 0.05) is 18.3 Å². The number of nitrogens with zero attached hydrogens (tertiary/aromatic N) is 2. The maximum Gasteiger partial charge on any atom is 0.342 e. The van der Waals surface area contributed by atoms with Crippen LogP contribution in [0.4, 0.5) is 0 Å². The van der Waals surface area contributed by atoms with Crippen LogP contribution in [0.15, 0.2) is 54.7 Å². The fourth-order valence-electron chi connectivity index (χ4n) is 3.09. The summed E-state index contributed by atoms with van der Waals surface area (Å²) >= 11 is 0. The molecule has 1 amide bonds. The first-order valence-electron chi connectivity index (χ1n) is 10.0. The van der Waals surface area contributed by atoms with Crippen LogP contribution >= 0.6 is 0 Å². The van der Waals surface area contributed by atoms with Crippen molar-refractivity contribution < 1.29 is 14.3 Å². The number of hydrogen-bond acceptors (Lipinski definition) is 4. The first-order valence-corrected chi connectivity index (χ1v) is 10.0. The summed E-state index contributed by atoms with van der Waals surface area (Å²) in [5.74, 6) is -0.572. The normalized spacial score (nSPS) is 10.8. The Balaban J connectivity index is 1.91. The van der Waals surface area contributed by atoms with Crippen LogP contribution in [0.25, 0.3) is 16.9 Å². The molecule has 0 bridgehead atoms. The van der Waals surface area contributed by atoms with Gasteiger partial charge in [-0.1, -0.05) is 55.8 Å². The highest BCUT2D eigenvalue weighted by Crippen LogP contribution is 2.28. The van der Waals surface area contributed by atoms with Crippen molar-refractivity contribution in [1.29, 1.82) is 0 Å². The van der Waals surface area contributed by atoms with Gasteiger partial charge in [-0.05, 0) is 37.5 Å². The van der Waals surface area contributed by atoms with E-state index in [-0.39, 0.29) is 12.5 Å². The van der Waals surface area contributed by atoms with Crippen molar-refractivity contribution in [2.24, 2.45) is 5.92 Å². The molecule has 0 aliphatic rings. The first kappa shape index (κ1) is 21.3. The van der Waals surface area contributed by atoms with Crippen LogP contribution in [0.2, 0.25) is 0 Å². The van der Waals surface area contributed by atoms with Crippen molar-refractivity contribution in [3.63, 3.8) is 0 Å². The van der Waals surface area contributed by atoms with E-state index in [1.807, 2.05) is 76.2 Å². The highest BCUT2D eigenvalue weighted by atomic mass is 16.5. The number of benzene rings is 2. The van der Waals surface area contributed by atoms with Gasteiger partial charge in [0.25, 0.3) is 5.91 Å². The number of aromatic nitrogens is 2. The average Bonchev–Trinajstić information content (AvgIpc) is 3.16. The number of hydrogen-bond donors (Lipinski definition) is 1. The Bertz CT molecular complexity index is 1040. The van der Waals surface area contributed by atoms with E-state index in [2.05, 4.69) is 10.4 Å². The third kappa shape index (κ3) is 5.14. The smallest absolute Gasteiger partial charge is 0.342 e. The SMILES string of the molecule is Cc1ccc(-c2nn(-c3ccccc3)cc2C(=O)OCC(=O)NCC(C)C)c(C)c1. The summed E-state index contributed by atoms with van der Waals surface area (Å²) in [6, 6.07) is 15.5. The summed E-state index contributed by atoms with van der Waals surface area (Å²) in [5, 5.41) is 7.41. The zero-order valence-corrected chi connectivity index (χ0v) is 17.8. The monoisotopic (exact) mass is 405 g/mol. The fourth-order valence-corrected chi connectivity index (χ4v) is 3.09. The molecule has 3 rings (SSSR count). The zero-order chi connectivity index (χ0) is 21.7. The number of nitrogens with one attached hydrogen (secondary N) is 1. The summed E-state index contributed by atoms with van der Waals surface area (Å²) in [5.41, 5.74) is 4.68. The maximum atomic E-state index is 12.8. The third-order valence-electron chi connectivity index (χ3n) is 4.63. The minimum absolute atomic E-state index is 0.319. The number of carbonyl (C=O) groups is 2. The summed E-state index contributed by atoms with van der Waals surface area (Å²) < 4.78 is 6.95. The largest absolute Gasteiger partial charge is 0.452 e. The molecule has 6 nitrogen and oxygen atoms in total.